The molecule has 0 aliphatic heterocycles. The Morgan fingerprint density at radius 1 is 0.318 bits per heavy atom. The molecule has 9 heteroatoms. The third-order valence-corrected chi connectivity index (χ3v) is 16.3. The van der Waals surface area contributed by atoms with Crippen LogP contribution in [0.5, 0.6) is 0 Å². The smallest absolute Gasteiger partial charge is 0.663 e. The summed E-state index contributed by atoms with van der Waals surface area (Å²) in [6, 6.07) is 0. The average Bonchev–Trinajstić information content (AvgIpc) is 3.98. The van der Waals surface area contributed by atoms with Crippen molar-refractivity contribution in [2.75, 3.05) is 0 Å². The van der Waals surface area contributed by atoms with Gasteiger partial charge in [0.25, 0.3) is 0 Å². The Balaban J connectivity index is -0.000000229. The van der Waals surface area contributed by atoms with Gasteiger partial charge in [-0.05, 0) is 99.6 Å². The molecule has 510 valence electrons. The van der Waals surface area contributed by atoms with Gasteiger partial charge < -0.3 is 34.8 Å². The van der Waals surface area contributed by atoms with Gasteiger partial charge in [-0.25, -0.2) is 0 Å². The van der Waals surface area contributed by atoms with Gasteiger partial charge >= 0.3 is 35.4 Å². The van der Waals surface area contributed by atoms with Crippen LogP contribution in [0.3, 0.4) is 0 Å². The molecular formula is C79H145LiN4NiO3. The standard InChI is InChI=1S/3C14H25N.C14H24N.C14H26O2.C7H14O.2CH3.Li.Ni/c4*1-9-10(2)12(14(6,7)8)15-11(9)13(3,4)5;1-9(11(15)13(3,4)5)10(2)12(16)14(6,7)8;1-5-6(8)7(2,3)4;;;;/h3*15H,1-8H3;1-8H3;9-10H,1-8H3;5H2,1-4H3;2*1H3;;/q;;;-1;;;2*-1;+1;+2. The van der Waals surface area contributed by atoms with Crippen LogP contribution in [-0.4, -0.2) is 32.3 Å². The van der Waals surface area contributed by atoms with Crippen molar-refractivity contribution in [3.8, 4) is 0 Å². The summed E-state index contributed by atoms with van der Waals surface area (Å²) in [5.41, 5.74) is 22.7. The van der Waals surface area contributed by atoms with E-state index in [1.165, 1.54) is 90.1 Å². The third kappa shape index (κ3) is 28.2. The third-order valence-electron chi connectivity index (χ3n) is 16.3. The van der Waals surface area contributed by atoms with Crippen LogP contribution >= 0.6 is 0 Å². The normalized spacial score (nSPS) is 13.2. The molecule has 4 rings (SSSR count). The number of carbonyl (C=O) groups excluding carboxylic acids is 3. The maximum absolute atomic E-state index is 12.1. The van der Waals surface area contributed by atoms with E-state index in [1.54, 1.807) is 0 Å². The number of carbonyl (C=O) groups is 3. The van der Waals surface area contributed by atoms with Crippen LogP contribution in [0.1, 0.15) is 346 Å². The zero-order chi connectivity index (χ0) is 68.2. The number of aromatic nitrogens is 4. The van der Waals surface area contributed by atoms with Gasteiger partial charge in [0.1, 0.15) is 17.3 Å². The molecule has 2 unspecified atom stereocenters. The Kier molecular flexibility index (Phi) is 37.1. The Morgan fingerprint density at radius 3 is 0.545 bits per heavy atom. The van der Waals surface area contributed by atoms with E-state index < -0.39 is 0 Å². The molecule has 0 radical (unpaired) electrons. The monoisotopic (exact) mass is 1260 g/mol. The van der Waals surface area contributed by atoms with Crippen LogP contribution in [0.15, 0.2) is 0 Å². The number of hydrogen-bond acceptors (Lipinski definition) is 3. The van der Waals surface area contributed by atoms with Crippen molar-refractivity contribution in [3.63, 3.8) is 0 Å². The van der Waals surface area contributed by atoms with E-state index in [4.69, 9.17) is 4.98 Å². The van der Waals surface area contributed by atoms with E-state index in [2.05, 4.69) is 237 Å². The van der Waals surface area contributed by atoms with Crippen molar-refractivity contribution in [1.29, 1.82) is 0 Å². The van der Waals surface area contributed by atoms with Gasteiger partial charge in [0.2, 0.25) is 0 Å². The van der Waals surface area contributed by atoms with Crippen molar-refractivity contribution in [2.24, 2.45) is 28.1 Å². The molecule has 88 heavy (non-hydrogen) atoms. The van der Waals surface area contributed by atoms with Crippen molar-refractivity contribution >= 4 is 17.3 Å². The minimum Gasteiger partial charge on any atom is -0.663 e. The second-order valence-electron chi connectivity index (χ2n) is 36.3. The minimum atomic E-state index is -0.369. The first-order valence-electron chi connectivity index (χ1n) is 31.9. The second-order valence-corrected chi connectivity index (χ2v) is 36.3. The zero-order valence-electron chi connectivity index (χ0n) is 67.3. The molecule has 4 aromatic rings. The maximum atomic E-state index is 12.1. The molecule has 0 aromatic carbocycles. The molecule has 0 amide bonds. The van der Waals surface area contributed by atoms with E-state index in [-0.39, 0.29) is 133 Å². The maximum Gasteiger partial charge on any atom is 2.00 e. The SMILES string of the molecule is CC(C(=O)C(C)(C)C)C(C)C(=O)C(C)(C)C.CCC(=O)C(C)(C)C.Cc1c(C(C)(C)C)[n-]c(C(C)(C)C)c1C.Cc1c(C(C)(C)C)[nH]c(C(C)(C)C)c1C.Cc1c(C(C)(C)C)[nH]c(C(C)(C)C)c1C.Cc1c(C(C)(C)C)[nH]c(C(C)(C)C)c1C.[CH3-].[CH3-].[Li+].[Ni+2]. The second kappa shape index (κ2) is 33.9. The quantitative estimate of drug-likeness (QED) is 0.140. The summed E-state index contributed by atoms with van der Waals surface area (Å²) in [5, 5.41) is 0. The first kappa shape index (κ1) is 96.3. The fraction of sp³-hybridized carbons (Fsp3) is 0.734. The fourth-order valence-electron chi connectivity index (χ4n) is 11.0. The van der Waals surface area contributed by atoms with Gasteiger partial charge in [0, 0.05) is 101 Å². The van der Waals surface area contributed by atoms with Gasteiger partial charge in [-0.2, -0.15) is 11.4 Å². The Morgan fingerprint density at radius 2 is 0.477 bits per heavy atom. The Hall–Kier alpha value is -2.78. The van der Waals surface area contributed by atoms with Crippen LogP contribution in [0.4, 0.5) is 0 Å². The van der Waals surface area contributed by atoms with Crippen LogP contribution < -0.4 is 23.8 Å². The Labute approximate surface area is 570 Å². The molecule has 4 heterocycles. The molecule has 0 fully saturated rings. The van der Waals surface area contributed by atoms with Crippen LogP contribution in [0.25, 0.3) is 0 Å². The summed E-state index contributed by atoms with van der Waals surface area (Å²) in [6.45, 7) is 94.7. The van der Waals surface area contributed by atoms with E-state index in [0.29, 0.717) is 12.2 Å². The van der Waals surface area contributed by atoms with Crippen molar-refractivity contribution in [3.05, 3.63) is 105 Å². The number of H-pyrrole nitrogens is 3. The number of nitrogens with zero attached hydrogens (tertiary/aromatic N) is 1. The van der Waals surface area contributed by atoms with Gasteiger partial charge in [0.15, 0.2) is 0 Å². The predicted molar refractivity (Wildman–Crippen MR) is 384 cm³/mol. The minimum absolute atomic E-state index is 0. The molecule has 4 aromatic heterocycles. The summed E-state index contributed by atoms with van der Waals surface area (Å²) in [6.07, 6.45) is 0.656. The van der Waals surface area contributed by atoms with Crippen molar-refractivity contribution in [1.82, 2.24) is 19.9 Å². The number of ketones is 3. The number of nitrogens with one attached hydrogen (secondary N) is 3. The Bertz CT molecular complexity index is 2310. The summed E-state index contributed by atoms with van der Waals surface area (Å²) in [5.74, 6) is 0.256. The van der Waals surface area contributed by atoms with E-state index >= 15 is 0 Å². The predicted octanol–water partition coefficient (Wildman–Crippen LogP) is 19.9. The molecule has 2 atom stereocenters. The molecule has 0 aliphatic rings. The number of aromatic amines is 3. The molecule has 3 N–H and O–H groups in total. The van der Waals surface area contributed by atoms with Gasteiger partial charge in [0.05, 0.1) is 0 Å². The van der Waals surface area contributed by atoms with Gasteiger partial charge in [-0.1, -0.05) is 260 Å². The molecule has 0 spiro atoms. The topological polar surface area (TPSA) is 113 Å². The van der Waals surface area contributed by atoms with Crippen LogP contribution in [0.2, 0.25) is 0 Å². The van der Waals surface area contributed by atoms with Gasteiger partial charge in [-0.15, -0.1) is 0 Å². The van der Waals surface area contributed by atoms with E-state index in [9.17, 15) is 14.4 Å². The number of Topliss-reactive ketones (excluding diaryl/α,β-unsaturated/α-hetero) is 3. The zero-order valence-corrected chi connectivity index (χ0v) is 68.3. The molecule has 0 bridgehead atoms. The summed E-state index contributed by atoms with van der Waals surface area (Å²) >= 11 is 0. The number of hydrogen-bond donors (Lipinski definition) is 3. The molecule has 7 nitrogen and oxygen atoms in total. The average molecular weight is 1260 g/mol. The van der Waals surface area contributed by atoms with Crippen molar-refractivity contribution < 1.29 is 49.7 Å². The molecular weight excluding hydrogens is 1120 g/mol. The summed E-state index contributed by atoms with van der Waals surface area (Å²) in [4.78, 5) is 50.7. The van der Waals surface area contributed by atoms with E-state index in [0.717, 1.165) is 0 Å². The van der Waals surface area contributed by atoms with Crippen LogP contribution in [-0.2, 0) is 74.2 Å². The molecule has 0 aliphatic carbocycles. The fourth-order valence-corrected chi connectivity index (χ4v) is 11.0. The first-order valence-corrected chi connectivity index (χ1v) is 31.9. The van der Waals surface area contributed by atoms with Crippen LogP contribution in [0, 0.1) is 98.3 Å². The molecule has 0 saturated heterocycles. The summed E-state index contributed by atoms with van der Waals surface area (Å²) in [7, 11) is 0. The first-order chi connectivity index (χ1) is 36.6. The largest absolute Gasteiger partial charge is 2.00 e. The molecule has 0 saturated carbocycles. The van der Waals surface area contributed by atoms with E-state index in [1.807, 2.05) is 83.1 Å². The number of rotatable bonds is 4. The summed E-state index contributed by atoms with van der Waals surface area (Å²) < 4.78 is 0. The van der Waals surface area contributed by atoms with Crippen molar-refractivity contribution in [2.45, 2.75) is 354 Å². The van der Waals surface area contributed by atoms with Gasteiger partial charge in [-0.3, -0.25) is 14.4 Å².